The van der Waals surface area contributed by atoms with E-state index in [1.165, 1.54) is 31.1 Å². The maximum absolute atomic E-state index is 3.52. The summed E-state index contributed by atoms with van der Waals surface area (Å²) in [5.41, 5.74) is 0. The summed E-state index contributed by atoms with van der Waals surface area (Å²) < 4.78 is 0. The Kier molecular flexibility index (Phi) is 2.39. The predicted molar refractivity (Wildman–Crippen MR) is 50.1 cm³/mol. The number of nitrogens with zero attached hydrogens (tertiary/aromatic N) is 1. The molecule has 0 spiro atoms. The van der Waals surface area contributed by atoms with Gasteiger partial charge in [0.05, 0.1) is 0 Å². The van der Waals surface area contributed by atoms with Gasteiger partial charge in [0.25, 0.3) is 0 Å². The summed E-state index contributed by atoms with van der Waals surface area (Å²) >= 11 is 2.13. The van der Waals surface area contributed by atoms with Crippen LogP contribution < -0.4 is 5.32 Å². The first-order valence-corrected chi connectivity index (χ1v) is 5.50. The van der Waals surface area contributed by atoms with Crippen LogP contribution in [-0.4, -0.2) is 49.1 Å². The van der Waals surface area contributed by atoms with E-state index in [4.69, 9.17) is 0 Å². The van der Waals surface area contributed by atoms with E-state index < -0.39 is 0 Å². The van der Waals surface area contributed by atoms with E-state index in [2.05, 4.69) is 29.0 Å². The van der Waals surface area contributed by atoms with Crippen molar-refractivity contribution in [2.75, 3.05) is 38.2 Å². The molecule has 0 saturated carbocycles. The van der Waals surface area contributed by atoms with Crippen LogP contribution in [0.3, 0.4) is 0 Å². The van der Waals surface area contributed by atoms with Crippen molar-refractivity contribution in [3.05, 3.63) is 0 Å². The first-order valence-electron chi connectivity index (χ1n) is 4.35. The van der Waals surface area contributed by atoms with Crippen molar-refractivity contribution in [2.24, 2.45) is 5.92 Å². The molecule has 2 fully saturated rings. The lowest BCUT2D eigenvalue weighted by Gasteiger charge is -2.22. The van der Waals surface area contributed by atoms with Crippen LogP contribution in [0, 0.1) is 5.92 Å². The number of thioether (sulfide) groups is 1. The van der Waals surface area contributed by atoms with E-state index in [1.807, 2.05) is 0 Å². The maximum atomic E-state index is 3.52. The zero-order valence-electron chi connectivity index (χ0n) is 7.05. The van der Waals surface area contributed by atoms with Gasteiger partial charge in [-0.3, -0.25) is 0 Å². The van der Waals surface area contributed by atoms with Crippen molar-refractivity contribution in [1.29, 1.82) is 0 Å². The fourth-order valence-corrected chi connectivity index (χ4v) is 3.24. The first kappa shape index (κ1) is 7.90. The Morgan fingerprint density at radius 2 is 2.27 bits per heavy atom. The van der Waals surface area contributed by atoms with E-state index in [1.54, 1.807) is 0 Å². The molecule has 1 N–H and O–H groups in total. The molecule has 2 nitrogen and oxygen atoms in total. The molecule has 0 aromatic rings. The number of nitrogens with one attached hydrogen (secondary N) is 1. The highest BCUT2D eigenvalue weighted by Crippen LogP contribution is 2.20. The topological polar surface area (TPSA) is 15.3 Å². The number of hydrogen-bond donors (Lipinski definition) is 1. The highest BCUT2D eigenvalue weighted by Gasteiger charge is 2.26. The second-order valence-corrected chi connectivity index (χ2v) is 4.73. The van der Waals surface area contributed by atoms with Gasteiger partial charge in [-0.25, -0.2) is 0 Å². The largest absolute Gasteiger partial charge is 0.315 e. The molecule has 2 saturated heterocycles. The third-order valence-corrected chi connectivity index (χ3v) is 3.97. The SMILES string of the molecule is CN1CC2CNCC1CSC2. The molecular weight excluding hydrogens is 156 g/mol. The van der Waals surface area contributed by atoms with Crippen LogP contribution in [0.2, 0.25) is 0 Å². The zero-order chi connectivity index (χ0) is 7.68. The molecule has 2 heterocycles. The zero-order valence-corrected chi connectivity index (χ0v) is 7.86. The van der Waals surface area contributed by atoms with Gasteiger partial charge in [-0.15, -0.1) is 0 Å². The van der Waals surface area contributed by atoms with Crippen molar-refractivity contribution >= 4 is 11.8 Å². The van der Waals surface area contributed by atoms with Crippen molar-refractivity contribution < 1.29 is 0 Å². The normalized spacial score (nSPS) is 40.1. The van der Waals surface area contributed by atoms with Gasteiger partial charge in [0, 0.05) is 31.4 Å². The molecule has 2 bridgehead atoms. The molecule has 2 unspecified atom stereocenters. The lowest BCUT2D eigenvalue weighted by atomic mass is 10.2. The van der Waals surface area contributed by atoms with Gasteiger partial charge in [-0.1, -0.05) is 0 Å². The molecule has 0 radical (unpaired) electrons. The fraction of sp³-hybridized carbons (Fsp3) is 1.00. The Labute approximate surface area is 72.7 Å². The second kappa shape index (κ2) is 3.33. The van der Waals surface area contributed by atoms with Crippen LogP contribution in [-0.2, 0) is 0 Å². The number of rotatable bonds is 0. The van der Waals surface area contributed by atoms with E-state index in [0.717, 1.165) is 12.0 Å². The van der Waals surface area contributed by atoms with Crippen LogP contribution in [0.5, 0.6) is 0 Å². The number of likely N-dealkylation sites (N-methyl/N-ethyl adjacent to an activating group) is 1. The monoisotopic (exact) mass is 172 g/mol. The highest BCUT2D eigenvalue weighted by atomic mass is 32.2. The van der Waals surface area contributed by atoms with Crippen LogP contribution in [0.15, 0.2) is 0 Å². The van der Waals surface area contributed by atoms with Crippen LogP contribution >= 0.6 is 11.8 Å². The molecule has 2 atom stereocenters. The molecule has 0 amide bonds. The average Bonchev–Trinajstić information content (AvgIpc) is 2.16. The van der Waals surface area contributed by atoms with Crippen molar-refractivity contribution in [3.63, 3.8) is 0 Å². The summed E-state index contributed by atoms with van der Waals surface area (Å²) in [4.78, 5) is 2.52. The number of hydrogen-bond acceptors (Lipinski definition) is 3. The van der Waals surface area contributed by atoms with E-state index in [-0.39, 0.29) is 0 Å². The summed E-state index contributed by atoms with van der Waals surface area (Å²) in [5.74, 6) is 3.56. The Morgan fingerprint density at radius 3 is 3.18 bits per heavy atom. The molecule has 2 aliphatic rings. The molecule has 0 aromatic carbocycles. The third kappa shape index (κ3) is 1.71. The van der Waals surface area contributed by atoms with Gasteiger partial charge in [-0.2, -0.15) is 11.8 Å². The lowest BCUT2D eigenvalue weighted by Crippen LogP contribution is -2.38. The molecular formula is C8H16N2S. The maximum Gasteiger partial charge on any atom is 0.0308 e. The molecule has 3 heteroatoms. The summed E-state index contributed by atoms with van der Waals surface area (Å²) in [7, 11) is 2.26. The highest BCUT2D eigenvalue weighted by molar-refractivity contribution is 7.99. The Bertz CT molecular complexity index is 130. The molecule has 2 rings (SSSR count). The van der Waals surface area contributed by atoms with Crippen molar-refractivity contribution in [1.82, 2.24) is 10.2 Å². The molecule has 0 aromatic heterocycles. The first-order chi connectivity index (χ1) is 5.36. The van der Waals surface area contributed by atoms with E-state index >= 15 is 0 Å². The van der Waals surface area contributed by atoms with Gasteiger partial charge < -0.3 is 10.2 Å². The summed E-state index contributed by atoms with van der Waals surface area (Å²) in [6.45, 7) is 3.72. The van der Waals surface area contributed by atoms with Gasteiger partial charge in [0.1, 0.15) is 0 Å². The Balaban J connectivity index is 2.08. The third-order valence-electron chi connectivity index (χ3n) is 2.65. The summed E-state index contributed by atoms with van der Waals surface area (Å²) in [6.07, 6.45) is 0. The standard InChI is InChI=1S/C8H16N2S/c1-10-4-7-2-9-3-8(10)6-11-5-7/h7-9H,2-6H2,1H3. The minimum Gasteiger partial charge on any atom is -0.315 e. The summed E-state index contributed by atoms with van der Waals surface area (Å²) in [5, 5.41) is 3.52. The fourth-order valence-electron chi connectivity index (χ4n) is 1.90. The van der Waals surface area contributed by atoms with Crippen molar-refractivity contribution in [2.45, 2.75) is 6.04 Å². The minimum atomic E-state index is 0.785. The quantitative estimate of drug-likeness (QED) is 0.564. The molecule has 11 heavy (non-hydrogen) atoms. The van der Waals surface area contributed by atoms with Gasteiger partial charge >= 0.3 is 0 Å². The summed E-state index contributed by atoms with van der Waals surface area (Å²) in [6, 6.07) is 0.785. The van der Waals surface area contributed by atoms with Crippen LogP contribution in [0.25, 0.3) is 0 Å². The van der Waals surface area contributed by atoms with Gasteiger partial charge in [0.15, 0.2) is 0 Å². The van der Waals surface area contributed by atoms with Gasteiger partial charge in [0.2, 0.25) is 0 Å². The lowest BCUT2D eigenvalue weighted by molar-refractivity contribution is 0.263. The minimum absolute atomic E-state index is 0.785. The molecule has 2 aliphatic heterocycles. The van der Waals surface area contributed by atoms with Gasteiger partial charge in [-0.05, 0) is 18.7 Å². The van der Waals surface area contributed by atoms with Crippen LogP contribution in [0.1, 0.15) is 0 Å². The molecule has 0 aliphatic carbocycles. The molecule has 64 valence electrons. The second-order valence-electron chi connectivity index (χ2n) is 3.66. The van der Waals surface area contributed by atoms with Crippen LogP contribution in [0.4, 0.5) is 0 Å². The van der Waals surface area contributed by atoms with E-state index in [9.17, 15) is 0 Å². The smallest absolute Gasteiger partial charge is 0.0308 e. The Hall–Kier alpha value is 0.270. The van der Waals surface area contributed by atoms with E-state index in [0.29, 0.717) is 0 Å². The predicted octanol–water partition coefficient (Wildman–Crippen LogP) is 0.253. The van der Waals surface area contributed by atoms with Crippen molar-refractivity contribution in [3.8, 4) is 0 Å². The Morgan fingerprint density at radius 1 is 1.36 bits per heavy atom. The number of fused-ring (bicyclic) bond motifs is 3. The average molecular weight is 172 g/mol.